The van der Waals surface area contributed by atoms with E-state index >= 15 is 0 Å². The van der Waals surface area contributed by atoms with Crippen LogP contribution in [0, 0.1) is 6.92 Å². The molecule has 0 fully saturated rings. The summed E-state index contributed by atoms with van der Waals surface area (Å²) in [6.45, 7) is 8.16. The van der Waals surface area contributed by atoms with Crippen molar-refractivity contribution in [2.75, 3.05) is 34.2 Å². The number of hydrogen-bond acceptors (Lipinski definition) is 3. The molecule has 1 aromatic heterocycles. The number of hydrogen-bond donors (Lipinski definition) is 0. The highest BCUT2D eigenvalue weighted by Gasteiger charge is 2.13. The second-order valence-corrected chi connectivity index (χ2v) is 5.50. The second kappa shape index (κ2) is 6.52. The van der Waals surface area contributed by atoms with Gasteiger partial charge in [0, 0.05) is 26.2 Å². The molecule has 0 saturated heterocycles. The zero-order valence-electron chi connectivity index (χ0n) is 11.5. The summed E-state index contributed by atoms with van der Waals surface area (Å²) in [5.74, 6) is 0. The molecule has 0 saturated carbocycles. The van der Waals surface area contributed by atoms with Crippen LogP contribution in [0.25, 0.3) is 0 Å². The van der Waals surface area contributed by atoms with Crippen LogP contribution in [0.15, 0.2) is 4.47 Å². The maximum absolute atomic E-state index is 4.51. The van der Waals surface area contributed by atoms with Crippen LogP contribution in [0.4, 0.5) is 0 Å². The maximum atomic E-state index is 4.51. The summed E-state index contributed by atoms with van der Waals surface area (Å²) < 4.78 is 3.22. The Morgan fingerprint density at radius 3 is 2.41 bits per heavy atom. The van der Waals surface area contributed by atoms with Crippen LogP contribution < -0.4 is 0 Å². The van der Waals surface area contributed by atoms with Crippen LogP contribution in [0.1, 0.15) is 18.3 Å². The summed E-state index contributed by atoms with van der Waals surface area (Å²) in [6.07, 6.45) is 0. The van der Waals surface area contributed by atoms with Crippen molar-refractivity contribution in [3.05, 3.63) is 15.9 Å². The Balaban J connectivity index is 2.67. The Kier molecular flexibility index (Phi) is 5.62. The average molecular weight is 303 g/mol. The normalized spacial score (nSPS) is 11.8. The van der Waals surface area contributed by atoms with Gasteiger partial charge in [-0.2, -0.15) is 5.10 Å². The molecule has 0 aliphatic rings. The molecule has 0 bridgehead atoms. The molecule has 5 heteroatoms. The lowest BCUT2D eigenvalue weighted by molar-refractivity contribution is 0.269. The van der Waals surface area contributed by atoms with Crippen molar-refractivity contribution in [1.82, 2.24) is 19.6 Å². The van der Waals surface area contributed by atoms with E-state index in [9.17, 15) is 0 Å². The topological polar surface area (TPSA) is 24.3 Å². The number of aryl methyl sites for hydroxylation is 2. The van der Waals surface area contributed by atoms with Crippen LogP contribution in [0.3, 0.4) is 0 Å². The largest absolute Gasteiger partial charge is 0.308 e. The molecular weight excluding hydrogens is 280 g/mol. The van der Waals surface area contributed by atoms with E-state index < -0.39 is 0 Å². The first-order valence-electron chi connectivity index (χ1n) is 6.00. The molecule has 98 valence electrons. The summed E-state index contributed by atoms with van der Waals surface area (Å²) in [5, 5.41) is 4.51. The lowest BCUT2D eigenvalue weighted by Gasteiger charge is -2.19. The summed E-state index contributed by atoms with van der Waals surface area (Å²) in [4.78, 5) is 4.53. The smallest absolute Gasteiger partial charge is 0.0739 e. The monoisotopic (exact) mass is 302 g/mol. The molecule has 1 heterocycles. The first-order chi connectivity index (χ1) is 7.95. The van der Waals surface area contributed by atoms with Gasteiger partial charge in [0.05, 0.1) is 15.9 Å². The maximum Gasteiger partial charge on any atom is 0.0739 e. The molecule has 0 aliphatic heterocycles. The van der Waals surface area contributed by atoms with Gasteiger partial charge in [-0.25, -0.2) is 0 Å². The number of nitrogens with zero attached hydrogens (tertiary/aromatic N) is 4. The highest BCUT2D eigenvalue weighted by molar-refractivity contribution is 9.10. The predicted molar refractivity (Wildman–Crippen MR) is 75.2 cm³/mol. The Morgan fingerprint density at radius 2 is 1.88 bits per heavy atom. The lowest BCUT2D eigenvalue weighted by atomic mass is 10.3. The Morgan fingerprint density at radius 1 is 1.24 bits per heavy atom. The zero-order valence-corrected chi connectivity index (χ0v) is 13.1. The van der Waals surface area contributed by atoms with E-state index in [0.717, 1.165) is 36.3 Å². The molecule has 1 rings (SSSR count). The molecule has 0 spiro atoms. The third-order valence-corrected chi connectivity index (χ3v) is 3.83. The van der Waals surface area contributed by atoms with Crippen molar-refractivity contribution in [2.45, 2.75) is 26.9 Å². The van der Waals surface area contributed by atoms with Crippen LogP contribution in [-0.2, 0) is 13.1 Å². The molecular formula is C12H23BrN4. The van der Waals surface area contributed by atoms with Gasteiger partial charge in [0.15, 0.2) is 0 Å². The highest BCUT2D eigenvalue weighted by Crippen LogP contribution is 2.22. The first-order valence-corrected chi connectivity index (χ1v) is 6.80. The minimum Gasteiger partial charge on any atom is -0.308 e. The lowest BCUT2D eigenvalue weighted by Crippen LogP contribution is -2.29. The van der Waals surface area contributed by atoms with Crippen LogP contribution in [-0.4, -0.2) is 53.8 Å². The van der Waals surface area contributed by atoms with Crippen molar-refractivity contribution in [2.24, 2.45) is 0 Å². The number of halogens is 1. The quantitative estimate of drug-likeness (QED) is 0.803. The molecule has 0 radical (unpaired) electrons. The average Bonchev–Trinajstić information content (AvgIpc) is 2.54. The molecule has 0 N–H and O–H groups in total. The summed E-state index contributed by atoms with van der Waals surface area (Å²) in [7, 11) is 6.35. The van der Waals surface area contributed by atoms with Gasteiger partial charge in [0.2, 0.25) is 0 Å². The van der Waals surface area contributed by atoms with Crippen molar-refractivity contribution in [3.63, 3.8) is 0 Å². The van der Waals surface area contributed by atoms with Gasteiger partial charge >= 0.3 is 0 Å². The van der Waals surface area contributed by atoms with E-state index in [1.54, 1.807) is 0 Å². The SMILES string of the molecule is CCn1nc(C)c(Br)c1CN(C)CCN(C)C. The summed E-state index contributed by atoms with van der Waals surface area (Å²) in [6, 6.07) is 0. The van der Waals surface area contributed by atoms with Gasteiger partial charge in [0.25, 0.3) is 0 Å². The number of likely N-dealkylation sites (N-methyl/N-ethyl adjacent to an activating group) is 2. The van der Waals surface area contributed by atoms with Gasteiger partial charge in [-0.3, -0.25) is 9.58 Å². The number of rotatable bonds is 6. The van der Waals surface area contributed by atoms with Crippen molar-refractivity contribution >= 4 is 15.9 Å². The van der Waals surface area contributed by atoms with Gasteiger partial charge in [-0.05, 0) is 50.9 Å². The minimum absolute atomic E-state index is 0.920. The van der Waals surface area contributed by atoms with Crippen LogP contribution in [0.5, 0.6) is 0 Å². The van der Waals surface area contributed by atoms with Crippen LogP contribution in [0.2, 0.25) is 0 Å². The van der Waals surface area contributed by atoms with E-state index in [-0.39, 0.29) is 0 Å². The number of aromatic nitrogens is 2. The van der Waals surface area contributed by atoms with E-state index in [4.69, 9.17) is 0 Å². The van der Waals surface area contributed by atoms with Gasteiger partial charge in [-0.1, -0.05) is 0 Å². The van der Waals surface area contributed by atoms with E-state index in [2.05, 4.69) is 63.6 Å². The highest BCUT2D eigenvalue weighted by atomic mass is 79.9. The van der Waals surface area contributed by atoms with Crippen LogP contribution >= 0.6 is 15.9 Å². The Hall–Kier alpha value is -0.390. The molecule has 0 aliphatic carbocycles. The Labute approximate surface area is 113 Å². The third kappa shape index (κ3) is 4.08. The molecule has 4 nitrogen and oxygen atoms in total. The molecule has 0 unspecified atom stereocenters. The van der Waals surface area contributed by atoms with Gasteiger partial charge in [0.1, 0.15) is 0 Å². The predicted octanol–water partition coefficient (Wildman–Crippen LogP) is 1.97. The summed E-state index contributed by atoms with van der Waals surface area (Å²) in [5.41, 5.74) is 2.34. The molecule has 17 heavy (non-hydrogen) atoms. The molecule has 0 amide bonds. The first kappa shape index (κ1) is 14.7. The summed E-state index contributed by atoms with van der Waals surface area (Å²) >= 11 is 3.63. The second-order valence-electron chi connectivity index (χ2n) is 4.70. The fraction of sp³-hybridized carbons (Fsp3) is 0.750. The fourth-order valence-electron chi connectivity index (χ4n) is 1.73. The third-order valence-electron chi connectivity index (χ3n) is 2.80. The molecule has 0 atom stereocenters. The molecule has 1 aromatic rings. The minimum atomic E-state index is 0.920. The zero-order chi connectivity index (χ0) is 13.0. The Bertz CT molecular complexity index is 360. The standard InChI is InChI=1S/C12H23BrN4/c1-6-17-11(12(13)10(2)14-17)9-16(5)8-7-15(3)4/h6-9H2,1-5H3. The van der Waals surface area contributed by atoms with Gasteiger partial charge < -0.3 is 4.90 Å². The van der Waals surface area contributed by atoms with Crippen molar-refractivity contribution < 1.29 is 0 Å². The van der Waals surface area contributed by atoms with Crippen molar-refractivity contribution in [1.29, 1.82) is 0 Å². The molecule has 0 aromatic carbocycles. The van der Waals surface area contributed by atoms with E-state index in [0.29, 0.717) is 0 Å². The van der Waals surface area contributed by atoms with E-state index in [1.807, 2.05) is 6.92 Å². The van der Waals surface area contributed by atoms with E-state index in [1.165, 1.54) is 5.69 Å². The fourth-order valence-corrected chi connectivity index (χ4v) is 2.13. The van der Waals surface area contributed by atoms with Gasteiger partial charge in [-0.15, -0.1) is 0 Å². The van der Waals surface area contributed by atoms with Crippen molar-refractivity contribution in [3.8, 4) is 0 Å².